The lowest BCUT2D eigenvalue weighted by molar-refractivity contribution is 0.102. The Morgan fingerprint density at radius 3 is 2.48 bits per heavy atom. The number of hydrogen-bond acceptors (Lipinski definition) is 3. The fraction of sp³-hybridized carbons (Fsp3) is 0. The molecular weight excluding hydrogens is 344 g/mol. The summed E-state index contributed by atoms with van der Waals surface area (Å²) >= 11 is 1.55. The first kappa shape index (κ1) is 15.5. The van der Waals surface area contributed by atoms with Crippen LogP contribution in [0.4, 0.5) is 14.5 Å². The lowest BCUT2D eigenvalue weighted by atomic mass is 10.1. The lowest BCUT2D eigenvalue weighted by Crippen LogP contribution is -2.12. The average Bonchev–Trinajstić information content (AvgIpc) is 3.16. The van der Waals surface area contributed by atoms with E-state index in [-0.39, 0.29) is 5.56 Å². The molecule has 7 heteroatoms. The molecule has 0 aliphatic heterocycles. The van der Waals surface area contributed by atoms with E-state index >= 15 is 0 Å². The zero-order valence-electron chi connectivity index (χ0n) is 12.7. The van der Waals surface area contributed by atoms with E-state index in [1.54, 1.807) is 23.5 Å². The molecule has 0 spiro atoms. The summed E-state index contributed by atoms with van der Waals surface area (Å²) in [6, 6.07) is 9.80. The summed E-state index contributed by atoms with van der Waals surface area (Å²) in [7, 11) is 0. The van der Waals surface area contributed by atoms with Crippen molar-refractivity contribution in [1.82, 2.24) is 9.38 Å². The summed E-state index contributed by atoms with van der Waals surface area (Å²) < 4.78 is 28.3. The summed E-state index contributed by atoms with van der Waals surface area (Å²) in [4.78, 5) is 17.5. The standard InChI is InChI=1S/C18H11F2N3OS/c19-13-7-12(8-14(20)9-13)17(24)21-15-3-1-11(2-4-15)16-10-23-5-6-25-18(23)22-16/h1-10H,(H,21,24). The van der Waals surface area contributed by atoms with Crippen molar-refractivity contribution in [2.24, 2.45) is 0 Å². The summed E-state index contributed by atoms with van der Waals surface area (Å²) in [5, 5.41) is 4.58. The van der Waals surface area contributed by atoms with Crippen LogP contribution >= 0.6 is 11.3 Å². The van der Waals surface area contributed by atoms with Gasteiger partial charge >= 0.3 is 0 Å². The Bertz CT molecular complexity index is 1020. The van der Waals surface area contributed by atoms with Crippen molar-refractivity contribution in [2.75, 3.05) is 5.32 Å². The Kier molecular flexibility index (Phi) is 3.77. The van der Waals surface area contributed by atoms with Gasteiger partial charge in [-0.1, -0.05) is 12.1 Å². The number of nitrogens with one attached hydrogen (secondary N) is 1. The van der Waals surface area contributed by atoms with E-state index in [0.717, 1.165) is 34.4 Å². The van der Waals surface area contributed by atoms with Crippen molar-refractivity contribution in [2.45, 2.75) is 0 Å². The van der Waals surface area contributed by atoms with E-state index in [9.17, 15) is 13.6 Å². The zero-order valence-corrected chi connectivity index (χ0v) is 13.6. The molecule has 1 amide bonds. The van der Waals surface area contributed by atoms with Crippen LogP contribution in [0.5, 0.6) is 0 Å². The van der Waals surface area contributed by atoms with Gasteiger partial charge in [-0.2, -0.15) is 0 Å². The highest BCUT2D eigenvalue weighted by Gasteiger charge is 2.10. The van der Waals surface area contributed by atoms with Crippen molar-refractivity contribution < 1.29 is 13.6 Å². The first-order valence-corrected chi connectivity index (χ1v) is 8.26. The summed E-state index contributed by atoms with van der Waals surface area (Å²) in [6.45, 7) is 0. The second kappa shape index (κ2) is 6.10. The minimum absolute atomic E-state index is 0.0732. The Balaban J connectivity index is 1.53. The van der Waals surface area contributed by atoms with Crippen LogP contribution < -0.4 is 5.32 Å². The van der Waals surface area contributed by atoms with E-state index in [4.69, 9.17) is 0 Å². The van der Waals surface area contributed by atoms with Gasteiger partial charge in [0.2, 0.25) is 0 Å². The molecule has 2 aromatic heterocycles. The van der Waals surface area contributed by atoms with Gasteiger partial charge in [0.1, 0.15) is 11.6 Å². The highest BCUT2D eigenvalue weighted by molar-refractivity contribution is 7.15. The number of rotatable bonds is 3. The van der Waals surface area contributed by atoms with E-state index in [2.05, 4.69) is 10.3 Å². The van der Waals surface area contributed by atoms with Crippen molar-refractivity contribution in [1.29, 1.82) is 0 Å². The number of nitrogens with zero attached hydrogens (tertiary/aromatic N) is 2. The monoisotopic (exact) mass is 355 g/mol. The van der Waals surface area contributed by atoms with Crippen LogP contribution in [-0.2, 0) is 0 Å². The molecule has 4 rings (SSSR count). The fourth-order valence-corrected chi connectivity index (χ4v) is 3.18. The number of imidazole rings is 1. The SMILES string of the molecule is O=C(Nc1ccc(-c2cn3ccsc3n2)cc1)c1cc(F)cc(F)c1. The first-order chi connectivity index (χ1) is 12.1. The number of hydrogen-bond donors (Lipinski definition) is 1. The largest absolute Gasteiger partial charge is 0.322 e. The van der Waals surface area contributed by atoms with Gasteiger partial charge in [-0.25, -0.2) is 13.8 Å². The highest BCUT2D eigenvalue weighted by Crippen LogP contribution is 2.23. The minimum Gasteiger partial charge on any atom is -0.322 e. The van der Waals surface area contributed by atoms with Gasteiger partial charge in [-0.15, -0.1) is 11.3 Å². The summed E-state index contributed by atoms with van der Waals surface area (Å²) in [5.41, 5.74) is 2.19. The van der Waals surface area contributed by atoms with Crippen LogP contribution in [0, 0.1) is 11.6 Å². The van der Waals surface area contributed by atoms with Gasteiger partial charge in [0, 0.05) is 40.7 Å². The molecule has 1 N–H and O–H groups in total. The summed E-state index contributed by atoms with van der Waals surface area (Å²) in [5.74, 6) is -2.16. The van der Waals surface area contributed by atoms with Gasteiger partial charge in [-0.3, -0.25) is 9.20 Å². The topological polar surface area (TPSA) is 46.4 Å². The van der Waals surface area contributed by atoms with E-state index in [1.807, 2.05) is 34.3 Å². The lowest BCUT2D eigenvalue weighted by Gasteiger charge is -2.06. The molecule has 0 aliphatic rings. The molecule has 0 saturated heterocycles. The van der Waals surface area contributed by atoms with Crippen molar-refractivity contribution in [3.63, 3.8) is 0 Å². The molecule has 0 aliphatic carbocycles. The molecular formula is C18H11F2N3OS. The molecule has 2 heterocycles. The number of fused-ring (bicyclic) bond motifs is 1. The number of anilines is 1. The second-order valence-corrected chi connectivity index (χ2v) is 6.28. The smallest absolute Gasteiger partial charge is 0.255 e. The second-order valence-electron chi connectivity index (χ2n) is 5.41. The molecule has 25 heavy (non-hydrogen) atoms. The number of halogens is 2. The molecule has 0 bridgehead atoms. The maximum atomic E-state index is 13.2. The Hall–Kier alpha value is -3.06. The highest BCUT2D eigenvalue weighted by atomic mass is 32.1. The van der Waals surface area contributed by atoms with Gasteiger partial charge in [-0.05, 0) is 24.3 Å². The van der Waals surface area contributed by atoms with Gasteiger partial charge < -0.3 is 5.32 Å². The Morgan fingerprint density at radius 1 is 1.08 bits per heavy atom. The predicted molar refractivity (Wildman–Crippen MR) is 92.8 cm³/mol. The molecule has 4 aromatic rings. The third-order valence-corrected chi connectivity index (χ3v) is 4.43. The van der Waals surface area contributed by atoms with E-state index < -0.39 is 17.5 Å². The van der Waals surface area contributed by atoms with Crippen molar-refractivity contribution in [3.05, 3.63) is 77.4 Å². The normalized spacial score (nSPS) is 11.0. The van der Waals surface area contributed by atoms with Crippen LogP contribution in [0.15, 0.2) is 60.2 Å². The number of thiazole rings is 1. The number of carbonyl (C=O) groups excluding carboxylic acids is 1. The number of aromatic nitrogens is 2. The van der Waals surface area contributed by atoms with E-state index in [1.165, 1.54) is 0 Å². The molecule has 124 valence electrons. The molecule has 0 unspecified atom stereocenters. The maximum Gasteiger partial charge on any atom is 0.255 e. The van der Waals surface area contributed by atoms with Crippen LogP contribution in [0.1, 0.15) is 10.4 Å². The van der Waals surface area contributed by atoms with Gasteiger partial charge in [0.25, 0.3) is 5.91 Å². The molecule has 4 nitrogen and oxygen atoms in total. The predicted octanol–water partition coefficient (Wildman–Crippen LogP) is 4.59. The first-order valence-electron chi connectivity index (χ1n) is 7.38. The Labute approximate surface area is 145 Å². The van der Waals surface area contributed by atoms with Crippen molar-refractivity contribution in [3.8, 4) is 11.3 Å². The van der Waals surface area contributed by atoms with Crippen LogP contribution in [-0.4, -0.2) is 15.3 Å². The third-order valence-electron chi connectivity index (χ3n) is 3.66. The third kappa shape index (κ3) is 3.14. The number of carbonyl (C=O) groups is 1. The van der Waals surface area contributed by atoms with Crippen molar-refractivity contribution >= 4 is 27.9 Å². The average molecular weight is 355 g/mol. The van der Waals surface area contributed by atoms with Crippen LogP contribution in [0.25, 0.3) is 16.2 Å². The number of benzene rings is 2. The van der Waals surface area contributed by atoms with Crippen LogP contribution in [0.3, 0.4) is 0 Å². The number of amides is 1. The maximum absolute atomic E-state index is 13.2. The van der Waals surface area contributed by atoms with Gasteiger partial charge in [0.15, 0.2) is 4.96 Å². The fourth-order valence-electron chi connectivity index (χ4n) is 2.48. The van der Waals surface area contributed by atoms with Gasteiger partial charge in [0.05, 0.1) is 5.69 Å². The molecule has 0 radical (unpaired) electrons. The Morgan fingerprint density at radius 2 is 1.80 bits per heavy atom. The van der Waals surface area contributed by atoms with Crippen LogP contribution in [0.2, 0.25) is 0 Å². The molecule has 0 atom stereocenters. The zero-order chi connectivity index (χ0) is 17.4. The molecule has 0 fully saturated rings. The quantitative estimate of drug-likeness (QED) is 0.584. The van der Waals surface area contributed by atoms with E-state index in [0.29, 0.717) is 5.69 Å². The summed E-state index contributed by atoms with van der Waals surface area (Å²) in [6.07, 6.45) is 3.86. The molecule has 2 aromatic carbocycles. The minimum atomic E-state index is -0.791. The molecule has 0 saturated carbocycles.